The highest BCUT2D eigenvalue weighted by Gasteiger charge is 2.49. The van der Waals surface area contributed by atoms with Crippen LogP contribution in [-0.4, -0.2) is 49.5 Å². The molecule has 0 saturated carbocycles. The van der Waals surface area contributed by atoms with Crippen molar-refractivity contribution in [3.8, 4) is 28.7 Å². The van der Waals surface area contributed by atoms with Crippen molar-refractivity contribution >= 4 is 5.78 Å². The van der Waals surface area contributed by atoms with Crippen LogP contribution >= 0.6 is 0 Å². The molecular weight excluding hydrogens is 407 g/mol. The fraction of sp³-hybridized carbons (Fsp3) is 0.435. The minimum atomic E-state index is -1.75. The number of carbonyl (C=O) groups excluding carboxylic acids is 1. The van der Waals surface area contributed by atoms with E-state index in [1.165, 1.54) is 14.2 Å². The van der Waals surface area contributed by atoms with Gasteiger partial charge in [0.15, 0.2) is 23.5 Å². The normalized spacial score (nSPS) is 27.4. The molecule has 3 heterocycles. The third kappa shape index (κ3) is 2.77. The molecule has 0 fully saturated rings. The Morgan fingerprint density at radius 1 is 1.13 bits per heavy atom. The molecule has 0 bridgehead atoms. The molecule has 0 spiro atoms. The monoisotopic (exact) mass is 430 g/mol. The van der Waals surface area contributed by atoms with Crippen LogP contribution in [0.1, 0.15) is 47.4 Å². The number of rotatable bonds is 2. The van der Waals surface area contributed by atoms with Gasteiger partial charge in [0.1, 0.15) is 41.7 Å². The second kappa shape index (κ2) is 6.75. The predicted octanol–water partition coefficient (Wildman–Crippen LogP) is 3.37. The lowest BCUT2D eigenvalue weighted by molar-refractivity contribution is -0.0879. The van der Waals surface area contributed by atoms with E-state index in [4.69, 9.17) is 23.7 Å². The fourth-order valence-corrected chi connectivity index (χ4v) is 4.55. The molecule has 2 aromatic carbocycles. The Bertz CT molecular complexity index is 1080. The molecule has 164 valence electrons. The van der Waals surface area contributed by atoms with Gasteiger partial charge in [0.05, 0.1) is 31.3 Å². The maximum Gasteiger partial charge on any atom is 0.178 e. The molecule has 7 nitrogen and oxygen atoms in total. The number of methoxy groups -OCH3 is 2. The molecule has 0 amide bonds. The minimum Gasteiger partial charge on any atom is -0.493 e. The smallest absolute Gasteiger partial charge is 0.178 e. The average Bonchev–Trinajstić information content (AvgIpc) is 2.75. The topological polar surface area (TPSA) is 83.5 Å². The number of halogens is 1. The first kappa shape index (κ1) is 19.9. The van der Waals surface area contributed by atoms with Crippen LogP contribution in [0, 0.1) is 0 Å². The average molecular weight is 430 g/mol. The van der Waals surface area contributed by atoms with E-state index in [2.05, 4.69) is 0 Å². The van der Waals surface area contributed by atoms with Crippen molar-refractivity contribution in [2.24, 2.45) is 0 Å². The van der Waals surface area contributed by atoms with Crippen LogP contribution in [0.4, 0.5) is 4.39 Å². The van der Waals surface area contributed by atoms with Gasteiger partial charge in [-0.2, -0.15) is 0 Å². The Labute approximate surface area is 178 Å². The lowest BCUT2D eigenvalue weighted by Gasteiger charge is -2.42. The summed E-state index contributed by atoms with van der Waals surface area (Å²) >= 11 is 0. The summed E-state index contributed by atoms with van der Waals surface area (Å²) in [6, 6.07) is 6.54. The number of hydrogen-bond acceptors (Lipinski definition) is 7. The SMILES string of the molecule is COc1cc2c(cc1OC)C1C(=O)c3ccc4c(c3OC1CO2)C(F)C(O)C(C)(C)O4. The van der Waals surface area contributed by atoms with Gasteiger partial charge >= 0.3 is 0 Å². The number of aliphatic hydroxyl groups is 1. The van der Waals surface area contributed by atoms with E-state index >= 15 is 4.39 Å². The molecule has 0 radical (unpaired) electrons. The Morgan fingerprint density at radius 3 is 2.55 bits per heavy atom. The van der Waals surface area contributed by atoms with Gasteiger partial charge in [-0.25, -0.2) is 4.39 Å². The summed E-state index contributed by atoms with van der Waals surface area (Å²) in [5, 5.41) is 10.4. The molecule has 4 unspecified atom stereocenters. The number of aliphatic hydroxyl groups excluding tert-OH is 1. The molecular formula is C23H23FO7. The molecule has 3 aliphatic heterocycles. The quantitative estimate of drug-likeness (QED) is 0.782. The minimum absolute atomic E-state index is 0.0641. The van der Waals surface area contributed by atoms with Crippen LogP contribution in [0.3, 0.4) is 0 Å². The Kier molecular flexibility index (Phi) is 4.34. The molecule has 31 heavy (non-hydrogen) atoms. The van der Waals surface area contributed by atoms with Crippen molar-refractivity contribution in [3.05, 3.63) is 41.0 Å². The van der Waals surface area contributed by atoms with Gasteiger partial charge in [-0.1, -0.05) is 0 Å². The summed E-state index contributed by atoms with van der Waals surface area (Å²) in [6.45, 7) is 3.33. The van der Waals surface area contributed by atoms with E-state index in [-0.39, 0.29) is 35.0 Å². The Balaban J connectivity index is 1.62. The fourth-order valence-electron chi connectivity index (χ4n) is 4.55. The number of fused-ring (bicyclic) bond motifs is 6. The molecule has 2 aromatic rings. The van der Waals surface area contributed by atoms with Crippen molar-refractivity contribution in [2.45, 2.75) is 43.7 Å². The van der Waals surface area contributed by atoms with Crippen LogP contribution in [0.25, 0.3) is 0 Å². The third-order valence-corrected chi connectivity index (χ3v) is 6.24. The summed E-state index contributed by atoms with van der Waals surface area (Å²) in [6.07, 6.45) is -3.81. The van der Waals surface area contributed by atoms with Crippen molar-refractivity contribution < 1.29 is 38.0 Å². The highest BCUT2D eigenvalue weighted by molar-refractivity contribution is 6.06. The van der Waals surface area contributed by atoms with E-state index in [1.807, 2.05) is 0 Å². The zero-order chi connectivity index (χ0) is 22.1. The van der Waals surface area contributed by atoms with Gasteiger partial charge in [-0.3, -0.25) is 4.79 Å². The molecule has 3 aliphatic rings. The second-order valence-electron chi connectivity index (χ2n) is 8.46. The van der Waals surface area contributed by atoms with Crippen LogP contribution in [0.5, 0.6) is 28.7 Å². The van der Waals surface area contributed by atoms with E-state index < -0.39 is 29.9 Å². The number of carbonyl (C=O) groups is 1. The molecule has 1 N–H and O–H groups in total. The first-order valence-corrected chi connectivity index (χ1v) is 10.0. The first-order valence-electron chi connectivity index (χ1n) is 10.0. The molecule has 8 heteroatoms. The van der Waals surface area contributed by atoms with Gasteiger partial charge in [0.2, 0.25) is 0 Å². The number of ether oxygens (including phenoxy) is 5. The lowest BCUT2D eigenvalue weighted by Crippen LogP contribution is -2.49. The van der Waals surface area contributed by atoms with Crippen molar-refractivity contribution in [1.82, 2.24) is 0 Å². The van der Waals surface area contributed by atoms with Crippen LogP contribution in [-0.2, 0) is 0 Å². The number of alkyl halides is 1. The number of Topliss-reactive ketones (excluding diaryl/α,β-unsaturated/α-hetero) is 1. The van der Waals surface area contributed by atoms with E-state index in [1.54, 1.807) is 38.1 Å². The van der Waals surface area contributed by atoms with E-state index in [9.17, 15) is 9.90 Å². The first-order chi connectivity index (χ1) is 14.8. The van der Waals surface area contributed by atoms with Crippen LogP contribution in [0.2, 0.25) is 0 Å². The zero-order valence-corrected chi connectivity index (χ0v) is 17.6. The van der Waals surface area contributed by atoms with Crippen LogP contribution in [0.15, 0.2) is 24.3 Å². The molecule has 5 rings (SSSR count). The lowest BCUT2D eigenvalue weighted by atomic mass is 9.80. The third-order valence-electron chi connectivity index (χ3n) is 6.24. The Morgan fingerprint density at radius 2 is 1.84 bits per heavy atom. The molecule has 4 atom stereocenters. The number of hydrogen-bond donors (Lipinski definition) is 1. The van der Waals surface area contributed by atoms with Gasteiger partial charge in [0.25, 0.3) is 0 Å². The van der Waals surface area contributed by atoms with E-state index in [0.717, 1.165) is 0 Å². The van der Waals surface area contributed by atoms with Crippen molar-refractivity contribution in [3.63, 3.8) is 0 Å². The van der Waals surface area contributed by atoms with Gasteiger partial charge in [-0.05, 0) is 32.0 Å². The largest absolute Gasteiger partial charge is 0.493 e. The van der Waals surface area contributed by atoms with E-state index in [0.29, 0.717) is 22.8 Å². The Hall–Kier alpha value is -3.00. The van der Waals surface area contributed by atoms with Gasteiger partial charge in [0, 0.05) is 11.6 Å². The predicted molar refractivity (Wildman–Crippen MR) is 108 cm³/mol. The highest BCUT2D eigenvalue weighted by atomic mass is 19.1. The van der Waals surface area contributed by atoms with Gasteiger partial charge in [-0.15, -0.1) is 0 Å². The maximum absolute atomic E-state index is 15.2. The summed E-state index contributed by atoms with van der Waals surface area (Å²) in [5.41, 5.74) is -0.170. The standard InChI is InChI=1S/C23H23FO7/c1-23(2)22(26)19(24)18-12(31-23)6-5-10-20(25)17-11-7-14(27-3)15(28-4)8-13(11)29-9-16(17)30-21(10)18/h5-8,16-17,19,22,26H,9H2,1-4H3. The summed E-state index contributed by atoms with van der Waals surface area (Å²) < 4.78 is 43.7. The summed E-state index contributed by atoms with van der Waals surface area (Å²) in [5.74, 6) is 0.996. The number of benzene rings is 2. The van der Waals surface area contributed by atoms with Crippen LogP contribution < -0.4 is 23.7 Å². The second-order valence-corrected chi connectivity index (χ2v) is 8.46. The van der Waals surface area contributed by atoms with Crippen molar-refractivity contribution in [1.29, 1.82) is 0 Å². The molecule has 0 aromatic heterocycles. The molecule has 0 aliphatic carbocycles. The van der Waals surface area contributed by atoms with Crippen molar-refractivity contribution in [2.75, 3.05) is 20.8 Å². The zero-order valence-electron chi connectivity index (χ0n) is 17.6. The van der Waals surface area contributed by atoms with Gasteiger partial charge < -0.3 is 28.8 Å². The summed E-state index contributed by atoms with van der Waals surface area (Å²) in [7, 11) is 3.04. The maximum atomic E-state index is 15.2. The summed E-state index contributed by atoms with van der Waals surface area (Å²) in [4.78, 5) is 13.5. The molecule has 0 saturated heterocycles. The number of ketones is 1. The highest BCUT2D eigenvalue weighted by Crippen LogP contribution is 2.52.